The molecule has 1 heterocycles. The summed E-state index contributed by atoms with van der Waals surface area (Å²) < 4.78 is 1.73. The van der Waals surface area contributed by atoms with Crippen LogP contribution >= 0.6 is 23.2 Å². The number of amides is 2. The Bertz CT molecular complexity index is 1080. The fourth-order valence-corrected chi connectivity index (χ4v) is 3.65. The Morgan fingerprint density at radius 3 is 2.42 bits per heavy atom. The highest BCUT2D eigenvalue weighted by molar-refractivity contribution is 6.36. The van der Waals surface area contributed by atoms with Gasteiger partial charge in [0.25, 0.3) is 5.91 Å². The minimum atomic E-state index is -0.764. The molecule has 0 aliphatic rings. The number of carbonyl (C=O) groups is 2. The molecule has 0 radical (unpaired) electrons. The molecule has 0 fully saturated rings. The number of nitrogens with zero attached hydrogens (tertiary/aromatic N) is 2. The average Bonchev–Trinajstić information content (AvgIpc) is 3.04. The highest BCUT2D eigenvalue weighted by atomic mass is 35.5. The molecule has 8 heteroatoms. The van der Waals surface area contributed by atoms with E-state index in [0.29, 0.717) is 17.4 Å². The molecule has 0 saturated heterocycles. The van der Waals surface area contributed by atoms with Gasteiger partial charge in [-0.15, -0.1) is 0 Å². The van der Waals surface area contributed by atoms with Crippen LogP contribution in [0.25, 0.3) is 0 Å². The molecule has 3 aromatic rings. The van der Waals surface area contributed by atoms with Gasteiger partial charge in [0.2, 0.25) is 5.91 Å². The van der Waals surface area contributed by atoms with Crippen LogP contribution in [0.2, 0.25) is 10.0 Å². The summed E-state index contributed by atoms with van der Waals surface area (Å²) in [5.74, 6) is -0.357. The molecule has 1 aromatic heterocycles. The van der Waals surface area contributed by atoms with Crippen molar-refractivity contribution in [2.75, 3.05) is 5.32 Å². The third-order valence-corrected chi connectivity index (χ3v) is 5.29. The highest BCUT2D eigenvalue weighted by Crippen LogP contribution is 2.21. The quantitative estimate of drug-likeness (QED) is 0.526. The molecule has 6 nitrogen and oxygen atoms in total. The summed E-state index contributed by atoms with van der Waals surface area (Å²) in [5.41, 5.74) is 2.10. The van der Waals surface area contributed by atoms with E-state index >= 15 is 0 Å². The standard InChI is InChI=1S/C23H24Cl2N4O2/c1-14(2)21(27-22(30)18-10-9-17(24)12-19(18)25)23(31)26-20-11-15(3)28-29(20)13-16-7-5-4-6-8-16/h4-12,14,21H,13H2,1-3H3,(H,26,31)(H,27,30). The predicted molar refractivity (Wildman–Crippen MR) is 124 cm³/mol. The molecule has 0 spiro atoms. The maximum atomic E-state index is 13.1. The number of anilines is 1. The summed E-state index contributed by atoms with van der Waals surface area (Å²) in [6.07, 6.45) is 0. The fourth-order valence-electron chi connectivity index (χ4n) is 3.15. The Balaban J connectivity index is 1.76. The molecule has 31 heavy (non-hydrogen) atoms. The van der Waals surface area contributed by atoms with Gasteiger partial charge in [-0.25, -0.2) is 4.68 Å². The normalized spacial score (nSPS) is 11.9. The summed E-state index contributed by atoms with van der Waals surface area (Å²) in [4.78, 5) is 25.8. The summed E-state index contributed by atoms with van der Waals surface area (Å²) in [5, 5.41) is 10.8. The van der Waals surface area contributed by atoms with Gasteiger partial charge in [0.15, 0.2) is 0 Å². The van der Waals surface area contributed by atoms with Crippen LogP contribution in [0.15, 0.2) is 54.6 Å². The average molecular weight is 459 g/mol. The number of hydrogen-bond acceptors (Lipinski definition) is 3. The van der Waals surface area contributed by atoms with Crippen LogP contribution in [-0.2, 0) is 11.3 Å². The number of nitrogens with one attached hydrogen (secondary N) is 2. The number of benzene rings is 2. The molecule has 162 valence electrons. The van der Waals surface area contributed by atoms with Gasteiger partial charge >= 0.3 is 0 Å². The lowest BCUT2D eigenvalue weighted by Gasteiger charge is -2.22. The Morgan fingerprint density at radius 1 is 1.06 bits per heavy atom. The largest absolute Gasteiger partial charge is 0.340 e. The van der Waals surface area contributed by atoms with E-state index in [9.17, 15) is 9.59 Å². The molecular weight excluding hydrogens is 435 g/mol. The van der Waals surface area contributed by atoms with Gasteiger partial charge < -0.3 is 10.6 Å². The second kappa shape index (κ2) is 9.98. The molecular formula is C23H24Cl2N4O2. The smallest absolute Gasteiger partial charge is 0.253 e. The first-order valence-electron chi connectivity index (χ1n) is 9.89. The fraction of sp³-hybridized carbons (Fsp3) is 0.261. The number of hydrogen-bond donors (Lipinski definition) is 2. The molecule has 2 amide bonds. The number of aromatic nitrogens is 2. The number of halogens is 2. The van der Waals surface area contributed by atoms with E-state index in [0.717, 1.165) is 11.3 Å². The first-order valence-corrected chi connectivity index (χ1v) is 10.7. The van der Waals surface area contributed by atoms with Crippen LogP contribution in [0.4, 0.5) is 5.82 Å². The van der Waals surface area contributed by atoms with Gasteiger partial charge in [0.05, 0.1) is 22.8 Å². The van der Waals surface area contributed by atoms with Crippen molar-refractivity contribution < 1.29 is 9.59 Å². The van der Waals surface area contributed by atoms with E-state index in [-0.39, 0.29) is 22.4 Å². The van der Waals surface area contributed by atoms with Crippen molar-refractivity contribution >= 4 is 40.8 Å². The predicted octanol–water partition coefficient (Wildman–Crippen LogP) is 4.94. The molecule has 0 aliphatic heterocycles. The molecule has 0 saturated carbocycles. The van der Waals surface area contributed by atoms with Gasteiger partial charge in [-0.1, -0.05) is 67.4 Å². The highest BCUT2D eigenvalue weighted by Gasteiger charge is 2.26. The minimum absolute atomic E-state index is 0.151. The lowest BCUT2D eigenvalue weighted by molar-refractivity contribution is -0.118. The summed E-state index contributed by atoms with van der Waals surface area (Å²) in [6, 6.07) is 15.5. The first-order chi connectivity index (χ1) is 14.7. The molecule has 1 atom stereocenters. The summed E-state index contributed by atoms with van der Waals surface area (Å²) >= 11 is 12.0. The number of carbonyl (C=O) groups excluding carboxylic acids is 2. The maximum Gasteiger partial charge on any atom is 0.253 e. The Hall–Kier alpha value is -2.83. The third-order valence-electron chi connectivity index (χ3n) is 4.74. The molecule has 1 unspecified atom stereocenters. The van der Waals surface area contributed by atoms with Crippen LogP contribution in [-0.4, -0.2) is 27.6 Å². The van der Waals surface area contributed by atoms with Crippen molar-refractivity contribution in [1.82, 2.24) is 15.1 Å². The van der Waals surface area contributed by atoms with E-state index in [2.05, 4.69) is 15.7 Å². The zero-order chi connectivity index (χ0) is 22.5. The van der Waals surface area contributed by atoms with Gasteiger partial charge in [-0.2, -0.15) is 5.10 Å². The van der Waals surface area contributed by atoms with Gasteiger partial charge in [0.1, 0.15) is 11.9 Å². The van der Waals surface area contributed by atoms with Crippen LogP contribution in [0, 0.1) is 12.8 Å². The Labute approximate surface area is 191 Å². The Kier molecular flexibility index (Phi) is 7.36. The minimum Gasteiger partial charge on any atom is -0.340 e. The van der Waals surface area contributed by atoms with E-state index in [1.165, 1.54) is 12.1 Å². The van der Waals surface area contributed by atoms with Crippen molar-refractivity contribution in [3.63, 3.8) is 0 Å². The zero-order valence-electron chi connectivity index (χ0n) is 17.5. The monoisotopic (exact) mass is 458 g/mol. The van der Waals surface area contributed by atoms with Crippen molar-refractivity contribution in [1.29, 1.82) is 0 Å². The lowest BCUT2D eigenvalue weighted by atomic mass is 10.0. The van der Waals surface area contributed by atoms with Gasteiger partial charge in [0, 0.05) is 11.1 Å². The SMILES string of the molecule is Cc1cc(NC(=O)C(NC(=O)c2ccc(Cl)cc2Cl)C(C)C)n(Cc2ccccc2)n1. The number of aryl methyl sites for hydroxylation is 1. The molecule has 3 rings (SSSR count). The third kappa shape index (κ3) is 5.87. The maximum absolute atomic E-state index is 13.1. The summed E-state index contributed by atoms with van der Waals surface area (Å²) in [6.45, 7) is 6.10. The zero-order valence-corrected chi connectivity index (χ0v) is 19.0. The van der Waals surface area contributed by atoms with Gasteiger partial charge in [-0.05, 0) is 36.6 Å². The van der Waals surface area contributed by atoms with E-state index < -0.39 is 11.9 Å². The van der Waals surface area contributed by atoms with Crippen molar-refractivity contribution in [3.8, 4) is 0 Å². The Morgan fingerprint density at radius 2 is 1.77 bits per heavy atom. The van der Waals surface area contributed by atoms with Gasteiger partial charge in [-0.3, -0.25) is 9.59 Å². The van der Waals surface area contributed by atoms with Crippen molar-refractivity contribution in [3.05, 3.63) is 81.5 Å². The molecule has 0 bridgehead atoms. The van der Waals surface area contributed by atoms with E-state index in [1.54, 1.807) is 16.8 Å². The van der Waals surface area contributed by atoms with Crippen LogP contribution in [0.3, 0.4) is 0 Å². The van der Waals surface area contributed by atoms with E-state index in [4.69, 9.17) is 23.2 Å². The van der Waals surface area contributed by atoms with Crippen molar-refractivity contribution in [2.24, 2.45) is 5.92 Å². The van der Waals surface area contributed by atoms with Crippen LogP contribution in [0.5, 0.6) is 0 Å². The second-order valence-electron chi connectivity index (χ2n) is 7.62. The molecule has 2 N–H and O–H groups in total. The van der Waals surface area contributed by atoms with E-state index in [1.807, 2.05) is 51.1 Å². The van der Waals surface area contributed by atoms with Crippen LogP contribution < -0.4 is 10.6 Å². The van der Waals surface area contributed by atoms with Crippen LogP contribution in [0.1, 0.15) is 35.5 Å². The van der Waals surface area contributed by atoms with Crippen molar-refractivity contribution in [2.45, 2.75) is 33.4 Å². The first kappa shape index (κ1) is 22.8. The second-order valence-corrected chi connectivity index (χ2v) is 8.47. The topological polar surface area (TPSA) is 76.0 Å². The molecule has 0 aliphatic carbocycles. The summed E-state index contributed by atoms with van der Waals surface area (Å²) in [7, 11) is 0. The lowest BCUT2D eigenvalue weighted by Crippen LogP contribution is -2.47. The molecule has 2 aromatic carbocycles. The number of rotatable bonds is 7.